The van der Waals surface area contributed by atoms with E-state index in [2.05, 4.69) is 5.32 Å². The molecule has 3 amide bonds. The Hall–Kier alpha value is -4.16. The van der Waals surface area contributed by atoms with E-state index in [1.165, 1.54) is 36.5 Å². The Labute approximate surface area is 231 Å². The summed E-state index contributed by atoms with van der Waals surface area (Å²) in [6.45, 7) is -0.00133. The summed E-state index contributed by atoms with van der Waals surface area (Å²) in [6.07, 6.45) is 2.94. The van der Waals surface area contributed by atoms with Crippen molar-refractivity contribution >= 4 is 27.7 Å². The summed E-state index contributed by atoms with van der Waals surface area (Å²) in [5.41, 5.74) is 0.644. The summed E-state index contributed by atoms with van der Waals surface area (Å²) in [7, 11) is -2.72. The first kappa shape index (κ1) is 27.4. The molecule has 2 atom stereocenters. The highest BCUT2D eigenvalue weighted by molar-refractivity contribution is 7.90. The van der Waals surface area contributed by atoms with Gasteiger partial charge >= 0.3 is 0 Å². The lowest BCUT2D eigenvalue weighted by Gasteiger charge is -2.31. The van der Waals surface area contributed by atoms with Crippen LogP contribution in [0.15, 0.2) is 76.2 Å². The van der Waals surface area contributed by atoms with E-state index in [0.717, 1.165) is 12.8 Å². The van der Waals surface area contributed by atoms with E-state index < -0.39 is 40.3 Å². The molecule has 210 valence electrons. The van der Waals surface area contributed by atoms with Crippen LogP contribution in [0, 0.1) is 0 Å². The third-order valence-corrected chi connectivity index (χ3v) is 8.71. The summed E-state index contributed by atoms with van der Waals surface area (Å²) in [4.78, 5) is 41.6. The molecule has 0 saturated carbocycles. The van der Waals surface area contributed by atoms with Crippen LogP contribution in [0.5, 0.6) is 5.75 Å². The molecule has 2 aliphatic rings. The molecular weight excluding hydrogens is 538 g/mol. The highest BCUT2D eigenvalue weighted by Gasteiger charge is 2.44. The number of amides is 3. The standard InChI is InChI=1S/C28H29N3O8S/c1-37-20-12-10-19(11-13-20)17-30(25(32)18-31-28(34)22-7-2-3-9-24(22)40(31,35)36)26(23-8-5-15-39-23)27(33)29-16-21-6-4-14-38-21/h2-3,5,7-13,15,21,26H,4,6,14,16-18H2,1H3,(H,29,33)/t21-,26+/m0/s1. The first-order valence-corrected chi connectivity index (χ1v) is 14.2. The molecule has 1 saturated heterocycles. The number of nitrogens with zero attached hydrogens (tertiary/aromatic N) is 2. The molecule has 12 heteroatoms. The van der Waals surface area contributed by atoms with Crippen molar-refractivity contribution in [2.24, 2.45) is 0 Å². The van der Waals surface area contributed by atoms with Gasteiger partial charge in [-0.25, -0.2) is 12.7 Å². The second kappa shape index (κ2) is 11.5. The number of benzene rings is 2. The van der Waals surface area contributed by atoms with Crippen molar-refractivity contribution in [2.75, 3.05) is 26.8 Å². The summed E-state index contributed by atoms with van der Waals surface area (Å²) >= 11 is 0. The van der Waals surface area contributed by atoms with Gasteiger partial charge < -0.3 is 24.1 Å². The van der Waals surface area contributed by atoms with Crippen LogP contribution in [-0.2, 0) is 30.9 Å². The second-order valence-corrected chi connectivity index (χ2v) is 11.3. The summed E-state index contributed by atoms with van der Waals surface area (Å²) < 4.78 is 43.3. The minimum absolute atomic E-state index is 0.00565. The van der Waals surface area contributed by atoms with Crippen molar-refractivity contribution < 1.29 is 36.7 Å². The first-order chi connectivity index (χ1) is 19.3. The van der Waals surface area contributed by atoms with Gasteiger partial charge in [0.25, 0.3) is 21.8 Å². The smallest absolute Gasteiger partial charge is 0.269 e. The van der Waals surface area contributed by atoms with E-state index in [1.54, 1.807) is 42.5 Å². The lowest BCUT2D eigenvalue weighted by atomic mass is 10.1. The highest BCUT2D eigenvalue weighted by atomic mass is 32.2. The number of nitrogens with one attached hydrogen (secondary N) is 1. The molecule has 2 aliphatic heterocycles. The number of hydrogen-bond donors (Lipinski definition) is 1. The van der Waals surface area contributed by atoms with Gasteiger partial charge in [-0.15, -0.1) is 0 Å². The van der Waals surface area contributed by atoms with Crippen LogP contribution < -0.4 is 10.1 Å². The van der Waals surface area contributed by atoms with E-state index in [0.29, 0.717) is 22.2 Å². The van der Waals surface area contributed by atoms with E-state index in [-0.39, 0.29) is 35.4 Å². The number of ether oxygens (including phenoxy) is 2. The molecule has 3 heterocycles. The van der Waals surface area contributed by atoms with Crippen LogP contribution in [0.1, 0.15) is 40.6 Å². The van der Waals surface area contributed by atoms with E-state index >= 15 is 0 Å². The van der Waals surface area contributed by atoms with Crippen molar-refractivity contribution in [1.82, 2.24) is 14.5 Å². The third-order valence-electron chi connectivity index (χ3n) is 6.92. The molecule has 40 heavy (non-hydrogen) atoms. The van der Waals surface area contributed by atoms with Gasteiger partial charge in [0, 0.05) is 19.7 Å². The van der Waals surface area contributed by atoms with Crippen LogP contribution in [0.2, 0.25) is 0 Å². The molecular formula is C28H29N3O8S. The number of methoxy groups -OCH3 is 1. The van der Waals surface area contributed by atoms with Crippen molar-refractivity contribution in [2.45, 2.75) is 36.4 Å². The van der Waals surface area contributed by atoms with Crippen molar-refractivity contribution in [3.05, 3.63) is 83.8 Å². The van der Waals surface area contributed by atoms with Gasteiger partial charge in [-0.05, 0) is 54.8 Å². The van der Waals surface area contributed by atoms with Crippen LogP contribution in [0.25, 0.3) is 0 Å². The van der Waals surface area contributed by atoms with Crippen molar-refractivity contribution in [3.63, 3.8) is 0 Å². The van der Waals surface area contributed by atoms with Crippen LogP contribution in [-0.4, -0.2) is 68.3 Å². The predicted molar refractivity (Wildman–Crippen MR) is 142 cm³/mol. The fourth-order valence-electron chi connectivity index (χ4n) is 4.84. The molecule has 3 aromatic rings. The molecule has 1 fully saturated rings. The van der Waals surface area contributed by atoms with E-state index in [9.17, 15) is 22.8 Å². The zero-order valence-corrected chi connectivity index (χ0v) is 22.6. The highest BCUT2D eigenvalue weighted by Crippen LogP contribution is 2.31. The molecule has 0 bridgehead atoms. The van der Waals surface area contributed by atoms with Gasteiger partial charge in [0.05, 0.1) is 25.0 Å². The second-order valence-electron chi connectivity index (χ2n) is 9.48. The largest absolute Gasteiger partial charge is 0.497 e. The number of carbonyl (C=O) groups excluding carboxylic acids is 3. The Morgan fingerprint density at radius 1 is 1.12 bits per heavy atom. The van der Waals surface area contributed by atoms with Gasteiger partial charge in [0.2, 0.25) is 5.91 Å². The fourth-order valence-corrected chi connectivity index (χ4v) is 6.36. The normalized spacial score (nSPS) is 18.3. The molecule has 5 rings (SSSR count). The molecule has 2 aromatic carbocycles. The number of furan rings is 1. The number of carbonyl (C=O) groups is 3. The first-order valence-electron chi connectivity index (χ1n) is 12.8. The van der Waals surface area contributed by atoms with Crippen LogP contribution >= 0.6 is 0 Å². The lowest BCUT2D eigenvalue weighted by molar-refractivity contribution is -0.142. The lowest BCUT2D eigenvalue weighted by Crippen LogP contribution is -2.48. The fraction of sp³-hybridized carbons (Fsp3) is 0.321. The van der Waals surface area contributed by atoms with E-state index in [4.69, 9.17) is 13.9 Å². The zero-order chi connectivity index (χ0) is 28.3. The van der Waals surface area contributed by atoms with Gasteiger partial charge in [-0.2, -0.15) is 0 Å². The van der Waals surface area contributed by atoms with Gasteiger partial charge in [-0.1, -0.05) is 24.3 Å². The average molecular weight is 568 g/mol. The topological polar surface area (TPSA) is 135 Å². The predicted octanol–water partition coefficient (Wildman–Crippen LogP) is 2.50. The third kappa shape index (κ3) is 5.45. The number of rotatable bonds is 10. The maximum Gasteiger partial charge on any atom is 0.269 e. The maximum absolute atomic E-state index is 13.9. The van der Waals surface area contributed by atoms with Crippen molar-refractivity contribution in [1.29, 1.82) is 0 Å². The molecule has 11 nitrogen and oxygen atoms in total. The Morgan fingerprint density at radius 3 is 2.55 bits per heavy atom. The molecule has 0 radical (unpaired) electrons. The van der Waals surface area contributed by atoms with Gasteiger partial charge in [0.1, 0.15) is 22.9 Å². The van der Waals surface area contributed by atoms with E-state index in [1.807, 2.05) is 0 Å². The SMILES string of the molecule is COc1ccc(CN(C(=O)CN2C(=O)c3ccccc3S2(=O)=O)[C@@H](C(=O)NC[C@@H]2CCCO2)c2ccco2)cc1. The Bertz CT molecular complexity index is 1480. The minimum Gasteiger partial charge on any atom is -0.497 e. The molecule has 1 N–H and O–H groups in total. The average Bonchev–Trinajstić information content (AvgIpc) is 3.72. The minimum atomic E-state index is -4.25. The summed E-state index contributed by atoms with van der Waals surface area (Å²) in [5.74, 6) is -1.29. The molecule has 0 spiro atoms. The van der Waals surface area contributed by atoms with Crippen molar-refractivity contribution in [3.8, 4) is 5.75 Å². The summed E-state index contributed by atoms with van der Waals surface area (Å²) in [5, 5.41) is 2.85. The molecule has 0 unspecified atom stereocenters. The Morgan fingerprint density at radius 2 is 1.90 bits per heavy atom. The van der Waals surface area contributed by atoms with Crippen LogP contribution in [0.4, 0.5) is 0 Å². The van der Waals surface area contributed by atoms with Gasteiger partial charge in [0.15, 0.2) is 6.04 Å². The quantitative estimate of drug-likeness (QED) is 0.395. The Kier molecular flexibility index (Phi) is 7.90. The number of hydrogen-bond acceptors (Lipinski definition) is 8. The van der Waals surface area contributed by atoms with Gasteiger partial charge in [-0.3, -0.25) is 14.4 Å². The molecule has 0 aliphatic carbocycles. The summed E-state index contributed by atoms with van der Waals surface area (Å²) in [6, 6.07) is 14.6. The number of sulfonamides is 1. The number of fused-ring (bicyclic) bond motifs is 1. The zero-order valence-electron chi connectivity index (χ0n) is 21.8. The van der Waals surface area contributed by atoms with Crippen LogP contribution in [0.3, 0.4) is 0 Å². The maximum atomic E-state index is 13.9. The monoisotopic (exact) mass is 567 g/mol. The Balaban J connectivity index is 1.47. The molecule has 1 aromatic heterocycles.